The molecular weight excluding hydrogens is 437 g/mol. The monoisotopic (exact) mass is 471 g/mol. The van der Waals surface area contributed by atoms with Gasteiger partial charge in [0.2, 0.25) is 0 Å². The molecule has 4 heterocycles. The molecule has 0 amide bonds. The number of aromatic nitrogens is 2. The highest BCUT2D eigenvalue weighted by Crippen LogP contribution is 2.48. The summed E-state index contributed by atoms with van der Waals surface area (Å²) in [6.45, 7) is 13.9. The second-order valence-electron chi connectivity index (χ2n) is 11.6. The first-order valence-corrected chi connectivity index (χ1v) is 12.7. The Morgan fingerprint density at radius 2 is 1.69 bits per heavy atom. The maximum absolute atomic E-state index is 6.44. The molecule has 6 rings (SSSR count). The Labute approximate surface area is 207 Å². The number of imidazole rings is 1. The number of rotatable bonds is 3. The fourth-order valence-electron chi connectivity index (χ4n) is 5.39. The van der Waals surface area contributed by atoms with E-state index in [-0.39, 0.29) is 16.6 Å². The molecule has 182 valence electrons. The third kappa shape index (κ3) is 3.63. The van der Waals surface area contributed by atoms with Crippen molar-refractivity contribution in [1.29, 1.82) is 0 Å². The molecule has 3 aliphatic rings. The Bertz CT molecular complexity index is 1270. The number of fused-ring (bicyclic) bond motifs is 2. The van der Waals surface area contributed by atoms with E-state index in [0.717, 1.165) is 58.1 Å². The van der Waals surface area contributed by atoms with Crippen LogP contribution >= 0.6 is 0 Å². The van der Waals surface area contributed by atoms with E-state index in [9.17, 15) is 0 Å². The van der Waals surface area contributed by atoms with Crippen molar-refractivity contribution >= 4 is 12.6 Å². The van der Waals surface area contributed by atoms with Gasteiger partial charge in [-0.3, -0.25) is 0 Å². The number of aromatic amines is 1. The van der Waals surface area contributed by atoms with Crippen LogP contribution < -0.4 is 15.5 Å². The summed E-state index contributed by atoms with van der Waals surface area (Å²) < 4.78 is 19.0. The van der Waals surface area contributed by atoms with Crippen molar-refractivity contribution in [1.82, 2.24) is 15.3 Å². The van der Waals surface area contributed by atoms with E-state index >= 15 is 0 Å². The van der Waals surface area contributed by atoms with Gasteiger partial charge in [-0.2, -0.15) is 0 Å². The zero-order valence-corrected chi connectivity index (χ0v) is 21.5. The molecule has 0 spiro atoms. The van der Waals surface area contributed by atoms with Gasteiger partial charge in [-0.25, -0.2) is 4.98 Å². The molecule has 2 saturated heterocycles. The van der Waals surface area contributed by atoms with E-state index in [1.807, 2.05) is 6.20 Å². The lowest BCUT2D eigenvalue weighted by molar-refractivity contribution is 0.00578. The summed E-state index contributed by atoms with van der Waals surface area (Å²) >= 11 is 0. The minimum absolute atomic E-state index is 0.226. The minimum atomic E-state index is -0.414. The first-order valence-electron chi connectivity index (χ1n) is 12.7. The Morgan fingerprint density at radius 3 is 2.40 bits per heavy atom. The minimum Gasteiger partial charge on any atom is -0.457 e. The Hall–Kier alpha value is -2.61. The molecule has 6 nitrogen and oxygen atoms in total. The standard InChI is InChI=1S/C28H34BN3O3/c1-26(2)19-11-10-18(29-34-27(3,4)28(5,6)35-29)15-24(19)33-23-12-9-17(14-20(23)26)25-31-16-22(32-25)21-8-7-13-30-21/h9-12,14-16,21,30H,7-8,13H2,1-6H3,(H,31,32). The number of H-pyrrole nitrogens is 1. The zero-order valence-electron chi connectivity index (χ0n) is 21.5. The van der Waals surface area contributed by atoms with E-state index in [0.29, 0.717) is 6.04 Å². The summed E-state index contributed by atoms with van der Waals surface area (Å²) in [5.74, 6) is 2.63. The molecule has 2 N–H and O–H groups in total. The average molecular weight is 471 g/mol. The third-order valence-electron chi connectivity index (χ3n) is 8.38. The van der Waals surface area contributed by atoms with Crippen LogP contribution in [-0.2, 0) is 14.7 Å². The molecule has 0 bridgehead atoms. The molecule has 35 heavy (non-hydrogen) atoms. The fraction of sp³-hybridized carbons (Fsp3) is 0.464. The number of benzene rings is 2. The van der Waals surface area contributed by atoms with Crippen molar-refractivity contribution in [2.45, 2.75) is 77.0 Å². The highest BCUT2D eigenvalue weighted by Gasteiger charge is 2.52. The Morgan fingerprint density at radius 1 is 0.914 bits per heavy atom. The van der Waals surface area contributed by atoms with Crippen LogP contribution in [0.25, 0.3) is 11.4 Å². The van der Waals surface area contributed by atoms with Gasteiger partial charge >= 0.3 is 7.12 Å². The SMILES string of the molecule is CC1(C)c2ccc(B3OC(C)(C)C(C)(C)O3)cc2Oc2ccc(-c3ncc(C4CCCN4)[nH]3)cc21. The zero-order chi connectivity index (χ0) is 24.6. The molecule has 1 unspecified atom stereocenters. The van der Waals surface area contributed by atoms with Crippen LogP contribution in [0.3, 0.4) is 0 Å². The molecule has 1 atom stereocenters. The molecule has 2 aromatic carbocycles. The van der Waals surface area contributed by atoms with Crippen LogP contribution in [0.5, 0.6) is 11.5 Å². The number of hydrogen-bond donors (Lipinski definition) is 2. The van der Waals surface area contributed by atoms with E-state index < -0.39 is 7.12 Å². The fourth-order valence-corrected chi connectivity index (χ4v) is 5.39. The van der Waals surface area contributed by atoms with Crippen molar-refractivity contribution in [3.63, 3.8) is 0 Å². The second-order valence-corrected chi connectivity index (χ2v) is 11.6. The quantitative estimate of drug-likeness (QED) is 0.512. The van der Waals surface area contributed by atoms with Crippen LogP contribution in [0.15, 0.2) is 42.6 Å². The summed E-state index contributed by atoms with van der Waals surface area (Å²) in [7, 11) is -0.414. The molecule has 0 saturated carbocycles. The van der Waals surface area contributed by atoms with Gasteiger partial charge in [0.15, 0.2) is 0 Å². The Balaban J connectivity index is 1.31. The lowest BCUT2D eigenvalue weighted by Crippen LogP contribution is -2.41. The lowest BCUT2D eigenvalue weighted by Gasteiger charge is -2.35. The maximum atomic E-state index is 6.44. The van der Waals surface area contributed by atoms with E-state index in [1.54, 1.807) is 0 Å². The second kappa shape index (κ2) is 7.69. The van der Waals surface area contributed by atoms with Crippen LogP contribution in [0, 0.1) is 0 Å². The van der Waals surface area contributed by atoms with Crippen LogP contribution in [-0.4, -0.2) is 34.8 Å². The topological polar surface area (TPSA) is 68.4 Å². The first-order chi connectivity index (χ1) is 16.5. The van der Waals surface area contributed by atoms with Gasteiger partial charge in [-0.15, -0.1) is 0 Å². The number of ether oxygens (including phenoxy) is 1. The molecule has 1 aromatic heterocycles. The Kier molecular flexibility index (Phi) is 5.02. The van der Waals surface area contributed by atoms with Gasteiger partial charge in [0, 0.05) is 28.1 Å². The van der Waals surface area contributed by atoms with Crippen molar-refractivity contribution in [2.24, 2.45) is 0 Å². The number of hydrogen-bond acceptors (Lipinski definition) is 5. The van der Waals surface area contributed by atoms with Crippen LogP contribution in [0.4, 0.5) is 0 Å². The van der Waals surface area contributed by atoms with Crippen molar-refractivity contribution in [2.75, 3.05) is 6.54 Å². The van der Waals surface area contributed by atoms with Gasteiger partial charge in [-0.05, 0) is 76.8 Å². The average Bonchev–Trinajstić information content (AvgIpc) is 3.53. The molecule has 7 heteroatoms. The van der Waals surface area contributed by atoms with Gasteiger partial charge < -0.3 is 24.3 Å². The summed E-state index contributed by atoms with van der Waals surface area (Å²) in [4.78, 5) is 8.22. The van der Waals surface area contributed by atoms with Crippen molar-refractivity contribution < 1.29 is 14.0 Å². The molecular formula is C28H34BN3O3. The molecule has 0 aliphatic carbocycles. The van der Waals surface area contributed by atoms with Crippen LogP contribution in [0.2, 0.25) is 0 Å². The maximum Gasteiger partial charge on any atom is 0.494 e. The molecule has 3 aliphatic heterocycles. The summed E-state index contributed by atoms with van der Waals surface area (Å²) in [6, 6.07) is 13.1. The molecule has 2 fully saturated rings. The number of nitrogens with zero attached hydrogens (tertiary/aromatic N) is 1. The largest absolute Gasteiger partial charge is 0.494 e. The summed E-state index contributed by atoms with van der Waals surface area (Å²) in [5, 5.41) is 3.54. The van der Waals surface area contributed by atoms with Gasteiger partial charge in [0.05, 0.1) is 23.1 Å². The summed E-state index contributed by atoms with van der Waals surface area (Å²) in [5.41, 5.74) is 4.53. The van der Waals surface area contributed by atoms with Gasteiger partial charge in [0.1, 0.15) is 17.3 Å². The van der Waals surface area contributed by atoms with E-state index in [4.69, 9.17) is 14.0 Å². The lowest BCUT2D eigenvalue weighted by atomic mass is 9.72. The first kappa shape index (κ1) is 22.8. The van der Waals surface area contributed by atoms with E-state index in [2.05, 4.69) is 93.2 Å². The van der Waals surface area contributed by atoms with Crippen molar-refractivity contribution in [3.8, 4) is 22.9 Å². The van der Waals surface area contributed by atoms with Crippen LogP contribution in [0.1, 0.15) is 77.2 Å². The third-order valence-corrected chi connectivity index (χ3v) is 8.38. The molecule has 0 radical (unpaired) electrons. The smallest absolute Gasteiger partial charge is 0.457 e. The predicted molar refractivity (Wildman–Crippen MR) is 138 cm³/mol. The predicted octanol–water partition coefficient (Wildman–Crippen LogP) is 5.23. The normalized spacial score (nSPS) is 23.6. The highest BCUT2D eigenvalue weighted by atomic mass is 16.7. The van der Waals surface area contributed by atoms with Gasteiger partial charge in [0.25, 0.3) is 0 Å². The van der Waals surface area contributed by atoms with E-state index in [1.165, 1.54) is 6.42 Å². The summed E-state index contributed by atoms with van der Waals surface area (Å²) in [6.07, 6.45) is 4.32. The highest BCUT2D eigenvalue weighted by molar-refractivity contribution is 6.62. The van der Waals surface area contributed by atoms with Gasteiger partial charge in [-0.1, -0.05) is 26.0 Å². The van der Waals surface area contributed by atoms with Crippen molar-refractivity contribution in [3.05, 3.63) is 59.4 Å². The molecule has 3 aromatic rings. The number of nitrogens with one attached hydrogen (secondary N) is 2.